The number of anilines is 2. The van der Waals surface area contributed by atoms with Crippen LogP contribution in [0.5, 0.6) is 0 Å². The Labute approximate surface area is 160 Å². The molecule has 0 saturated carbocycles. The Hall–Kier alpha value is -2.78. The first-order chi connectivity index (χ1) is 13.0. The lowest BCUT2D eigenvalue weighted by atomic mass is 10.1. The first-order valence-electron chi connectivity index (χ1n) is 7.96. The van der Waals surface area contributed by atoms with Crippen LogP contribution in [0.2, 0.25) is 5.02 Å². The highest BCUT2D eigenvalue weighted by atomic mass is 35.5. The summed E-state index contributed by atoms with van der Waals surface area (Å²) in [6.45, 7) is 0.423. The number of allylic oxidation sites excluding steroid dienone is 1. The maximum Gasteiger partial charge on any atom is 0.263 e. The van der Waals surface area contributed by atoms with E-state index in [2.05, 4.69) is 25.6 Å². The Morgan fingerprint density at radius 1 is 1.41 bits per heavy atom. The van der Waals surface area contributed by atoms with Crippen LogP contribution in [0.25, 0.3) is 0 Å². The number of nitrogens with two attached hydrogens (primary N) is 1. The lowest BCUT2D eigenvalue weighted by Crippen LogP contribution is -2.10. The number of aliphatic hydroxyl groups excluding tert-OH is 1. The van der Waals surface area contributed by atoms with Crippen LogP contribution in [-0.2, 0) is 6.54 Å². The zero-order chi connectivity index (χ0) is 19.6. The van der Waals surface area contributed by atoms with E-state index in [-0.39, 0.29) is 36.2 Å². The highest BCUT2D eigenvalue weighted by Crippen LogP contribution is 2.22. The minimum atomic E-state index is -2.53. The molecule has 0 aliphatic heterocycles. The van der Waals surface area contributed by atoms with Gasteiger partial charge in [-0.05, 0) is 11.6 Å². The third-order valence-electron chi connectivity index (χ3n) is 3.30. The molecule has 5 N–H and O–H groups in total. The highest BCUT2D eigenvalue weighted by molar-refractivity contribution is 6.32. The predicted molar refractivity (Wildman–Crippen MR) is 102 cm³/mol. The number of aromatic nitrogens is 2. The van der Waals surface area contributed by atoms with Gasteiger partial charge in [0.05, 0.1) is 25.0 Å². The van der Waals surface area contributed by atoms with Crippen molar-refractivity contribution in [2.75, 3.05) is 23.8 Å². The van der Waals surface area contributed by atoms with Gasteiger partial charge in [0.1, 0.15) is 5.02 Å². The summed E-state index contributed by atoms with van der Waals surface area (Å²) >= 11 is 6.09. The number of hydrogen-bond acceptors (Lipinski definition) is 7. The van der Waals surface area contributed by atoms with Gasteiger partial charge in [0.25, 0.3) is 6.43 Å². The summed E-state index contributed by atoms with van der Waals surface area (Å²) in [7, 11) is 0. The van der Waals surface area contributed by atoms with Crippen LogP contribution < -0.4 is 16.4 Å². The molecule has 0 unspecified atom stereocenters. The van der Waals surface area contributed by atoms with Gasteiger partial charge in [-0.25, -0.2) is 13.8 Å². The molecule has 7 nitrogen and oxygen atoms in total. The van der Waals surface area contributed by atoms with Gasteiger partial charge in [0.15, 0.2) is 5.82 Å². The fourth-order valence-corrected chi connectivity index (χ4v) is 2.20. The van der Waals surface area contributed by atoms with Crippen LogP contribution in [-0.4, -0.2) is 34.4 Å². The van der Waals surface area contributed by atoms with Crippen LogP contribution in [0.15, 0.2) is 47.4 Å². The van der Waals surface area contributed by atoms with Crippen molar-refractivity contribution < 1.29 is 13.9 Å². The Kier molecular flexibility index (Phi) is 7.90. The molecule has 0 spiro atoms. The monoisotopic (exact) mass is 396 g/mol. The summed E-state index contributed by atoms with van der Waals surface area (Å²) < 4.78 is 25.6. The number of rotatable bonds is 9. The number of alkyl halides is 2. The summed E-state index contributed by atoms with van der Waals surface area (Å²) in [6, 6.07) is 6.07. The molecule has 1 aromatic heterocycles. The molecule has 0 aliphatic rings. The van der Waals surface area contributed by atoms with Gasteiger partial charge in [-0.1, -0.05) is 29.8 Å². The van der Waals surface area contributed by atoms with Crippen molar-refractivity contribution in [1.82, 2.24) is 9.97 Å². The quantitative estimate of drug-likeness (QED) is 0.485. The molecule has 0 atom stereocenters. The van der Waals surface area contributed by atoms with E-state index < -0.39 is 6.43 Å². The van der Waals surface area contributed by atoms with E-state index in [9.17, 15) is 8.78 Å². The molecule has 10 heteroatoms. The standard InChI is InChI=1S/C17H19ClF2N6O/c18-14-10-24-17(25-13(7-21)9-22-4-5-27)26-16(14)23-8-11-2-1-3-12(6-11)15(19)20/h1-3,6-7,9-10,15,27H,4-5,8,21H2,(H2,23,24,25,26)/b13-7+,22-9?. The lowest BCUT2D eigenvalue weighted by Gasteiger charge is -2.11. The largest absolute Gasteiger partial charge is 0.403 e. The summed E-state index contributed by atoms with van der Waals surface area (Å²) in [5.74, 6) is 0.552. The average Bonchev–Trinajstić information content (AvgIpc) is 2.67. The van der Waals surface area contributed by atoms with Crippen LogP contribution in [0, 0.1) is 0 Å². The number of benzene rings is 1. The van der Waals surface area contributed by atoms with Crippen molar-refractivity contribution in [3.63, 3.8) is 0 Å². The van der Waals surface area contributed by atoms with Crippen molar-refractivity contribution >= 4 is 29.6 Å². The molecule has 0 fully saturated rings. The summed E-state index contributed by atoms with van der Waals surface area (Å²) in [6.07, 6.45) is 1.59. The normalized spacial score (nSPS) is 12.0. The minimum Gasteiger partial charge on any atom is -0.403 e. The Morgan fingerprint density at radius 2 is 2.22 bits per heavy atom. The molecule has 1 heterocycles. The second-order valence-electron chi connectivity index (χ2n) is 5.30. The van der Waals surface area contributed by atoms with Gasteiger partial charge < -0.3 is 21.5 Å². The first kappa shape index (κ1) is 20.5. The molecule has 2 rings (SSSR count). The average molecular weight is 397 g/mol. The Bertz CT molecular complexity index is 816. The molecule has 2 aromatic rings. The molecule has 0 aliphatic carbocycles. The molecule has 0 bridgehead atoms. The van der Waals surface area contributed by atoms with E-state index in [0.29, 0.717) is 17.1 Å². The van der Waals surface area contributed by atoms with Gasteiger partial charge in [0, 0.05) is 24.5 Å². The summed E-state index contributed by atoms with van der Waals surface area (Å²) in [5, 5.41) is 14.9. The van der Waals surface area contributed by atoms with Crippen LogP contribution in [0.3, 0.4) is 0 Å². The topological polar surface area (TPSA) is 108 Å². The number of hydrogen-bond donors (Lipinski definition) is 4. The number of nitrogens with zero attached hydrogens (tertiary/aromatic N) is 3. The molecule has 0 radical (unpaired) electrons. The second-order valence-corrected chi connectivity index (χ2v) is 5.70. The van der Waals surface area contributed by atoms with Crippen molar-refractivity contribution in [3.05, 3.63) is 58.5 Å². The third-order valence-corrected chi connectivity index (χ3v) is 3.58. The second kappa shape index (κ2) is 10.4. The van der Waals surface area contributed by atoms with Gasteiger partial charge in [-0.15, -0.1) is 0 Å². The van der Waals surface area contributed by atoms with E-state index in [1.54, 1.807) is 12.1 Å². The van der Waals surface area contributed by atoms with E-state index in [1.807, 2.05) is 0 Å². The fourth-order valence-electron chi connectivity index (χ4n) is 2.04. The lowest BCUT2D eigenvalue weighted by molar-refractivity contribution is 0.151. The van der Waals surface area contributed by atoms with Crippen molar-refractivity contribution in [2.24, 2.45) is 10.7 Å². The van der Waals surface area contributed by atoms with Gasteiger partial charge in [0.2, 0.25) is 5.95 Å². The number of aliphatic hydroxyl groups is 1. The summed E-state index contributed by atoms with van der Waals surface area (Å²) in [4.78, 5) is 12.2. The molecule has 0 amide bonds. The first-order valence-corrected chi connectivity index (χ1v) is 8.34. The number of halogens is 3. The van der Waals surface area contributed by atoms with Crippen molar-refractivity contribution in [1.29, 1.82) is 0 Å². The van der Waals surface area contributed by atoms with E-state index >= 15 is 0 Å². The van der Waals surface area contributed by atoms with Crippen LogP contribution >= 0.6 is 11.6 Å². The van der Waals surface area contributed by atoms with Crippen LogP contribution in [0.4, 0.5) is 20.5 Å². The van der Waals surface area contributed by atoms with Crippen molar-refractivity contribution in [2.45, 2.75) is 13.0 Å². The van der Waals surface area contributed by atoms with Gasteiger partial charge in [-0.3, -0.25) is 4.99 Å². The zero-order valence-corrected chi connectivity index (χ0v) is 15.0. The van der Waals surface area contributed by atoms with Crippen molar-refractivity contribution in [3.8, 4) is 0 Å². The third kappa shape index (κ3) is 6.46. The zero-order valence-electron chi connectivity index (χ0n) is 14.2. The number of nitrogens with one attached hydrogen (secondary N) is 2. The molecule has 1 aromatic carbocycles. The maximum absolute atomic E-state index is 12.8. The van der Waals surface area contributed by atoms with Gasteiger partial charge >= 0.3 is 0 Å². The number of aliphatic imine (C=N–C) groups is 1. The predicted octanol–water partition coefficient (Wildman–Crippen LogP) is 2.95. The molecular weight excluding hydrogens is 378 g/mol. The molecule has 144 valence electrons. The van der Waals surface area contributed by atoms with E-state index in [0.717, 1.165) is 0 Å². The van der Waals surface area contributed by atoms with Crippen LogP contribution in [0.1, 0.15) is 17.6 Å². The smallest absolute Gasteiger partial charge is 0.263 e. The highest BCUT2D eigenvalue weighted by Gasteiger charge is 2.09. The Balaban J connectivity index is 2.07. The minimum absolute atomic E-state index is 0.0506. The molecule has 0 saturated heterocycles. The Morgan fingerprint density at radius 3 is 2.93 bits per heavy atom. The fraction of sp³-hybridized carbons (Fsp3) is 0.235. The van der Waals surface area contributed by atoms with Gasteiger partial charge in [-0.2, -0.15) is 4.98 Å². The van der Waals surface area contributed by atoms with E-state index in [4.69, 9.17) is 22.4 Å². The van der Waals surface area contributed by atoms with E-state index in [1.165, 1.54) is 30.7 Å². The molecule has 27 heavy (non-hydrogen) atoms. The molecular formula is C17H19ClF2N6O. The SMILES string of the molecule is N/C=C(\C=NCCO)Nc1ncc(Cl)c(NCc2cccc(C(F)F)c2)n1. The summed E-state index contributed by atoms with van der Waals surface area (Å²) in [5.41, 5.74) is 6.55. The maximum atomic E-state index is 12.8.